The molecule has 0 saturated heterocycles. The Morgan fingerprint density at radius 1 is 1.38 bits per heavy atom. The molecule has 0 aliphatic heterocycles. The molecule has 1 aromatic carbocycles. The fourth-order valence-corrected chi connectivity index (χ4v) is 1.19. The number of nitrogens with two attached hydrogens (primary N) is 1. The molecule has 88 valence electrons. The van der Waals surface area contributed by atoms with E-state index in [2.05, 4.69) is 5.32 Å². The minimum absolute atomic E-state index is 0.0655. The van der Waals surface area contributed by atoms with Crippen molar-refractivity contribution in [1.82, 2.24) is 5.32 Å². The minimum atomic E-state index is -0.398. The molecule has 0 saturated carbocycles. The first kappa shape index (κ1) is 12.5. The number of hydrogen-bond acceptors (Lipinski definition) is 3. The Hall–Kier alpha value is -1.55. The lowest BCUT2D eigenvalue weighted by Crippen LogP contribution is -2.45. The van der Waals surface area contributed by atoms with Gasteiger partial charge >= 0.3 is 0 Å². The largest absolute Gasteiger partial charge is 0.508 e. The van der Waals surface area contributed by atoms with Gasteiger partial charge in [0.05, 0.1) is 6.42 Å². The Kier molecular flexibility index (Phi) is 3.90. The maximum absolute atomic E-state index is 11.5. The third-order valence-corrected chi connectivity index (χ3v) is 2.04. The summed E-state index contributed by atoms with van der Waals surface area (Å²) in [6.45, 7) is 4.16. The smallest absolute Gasteiger partial charge is 0.224 e. The van der Waals surface area contributed by atoms with Crippen LogP contribution in [0.2, 0.25) is 0 Å². The SMILES string of the molecule is CC(C)(N)CNC(=O)Cc1ccc(O)cc1. The number of hydrogen-bond donors (Lipinski definition) is 3. The van der Waals surface area contributed by atoms with Crippen LogP contribution in [0.25, 0.3) is 0 Å². The van der Waals surface area contributed by atoms with Gasteiger partial charge in [-0.1, -0.05) is 12.1 Å². The standard InChI is InChI=1S/C12H18N2O2/c1-12(2,13)8-14-11(16)7-9-3-5-10(15)6-4-9/h3-6,15H,7-8,13H2,1-2H3,(H,14,16). The zero-order valence-corrected chi connectivity index (χ0v) is 9.66. The molecule has 0 unspecified atom stereocenters. The molecule has 16 heavy (non-hydrogen) atoms. The van der Waals surface area contributed by atoms with Crippen LogP contribution in [0, 0.1) is 0 Å². The van der Waals surface area contributed by atoms with E-state index >= 15 is 0 Å². The van der Waals surface area contributed by atoms with Gasteiger partial charge in [0.25, 0.3) is 0 Å². The first-order valence-electron chi connectivity index (χ1n) is 5.20. The van der Waals surface area contributed by atoms with E-state index in [1.807, 2.05) is 13.8 Å². The quantitative estimate of drug-likeness (QED) is 0.705. The van der Waals surface area contributed by atoms with Crippen molar-refractivity contribution in [3.8, 4) is 5.75 Å². The molecule has 0 heterocycles. The number of carbonyl (C=O) groups is 1. The summed E-state index contributed by atoms with van der Waals surface area (Å²) < 4.78 is 0. The normalized spacial score (nSPS) is 11.2. The molecule has 0 radical (unpaired) electrons. The van der Waals surface area contributed by atoms with Crippen LogP contribution < -0.4 is 11.1 Å². The van der Waals surface area contributed by atoms with Gasteiger partial charge in [0.2, 0.25) is 5.91 Å². The Labute approximate surface area is 95.5 Å². The van der Waals surface area contributed by atoms with E-state index in [1.165, 1.54) is 0 Å². The summed E-state index contributed by atoms with van der Waals surface area (Å²) in [5.41, 5.74) is 6.22. The van der Waals surface area contributed by atoms with Crippen molar-refractivity contribution < 1.29 is 9.90 Å². The molecule has 0 fully saturated rings. The molecule has 0 spiro atoms. The van der Waals surface area contributed by atoms with Crippen molar-refractivity contribution in [3.05, 3.63) is 29.8 Å². The Morgan fingerprint density at radius 3 is 2.44 bits per heavy atom. The second-order valence-electron chi connectivity index (χ2n) is 4.61. The summed E-state index contributed by atoms with van der Waals surface area (Å²) >= 11 is 0. The zero-order valence-electron chi connectivity index (χ0n) is 9.66. The second-order valence-corrected chi connectivity index (χ2v) is 4.61. The van der Waals surface area contributed by atoms with Gasteiger partial charge in [-0.25, -0.2) is 0 Å². The number of phenolic OH excluding ortho intramolecular Hbond substituents is 1. The fraction of sp³-hybridized carbons (Fsp3) is 0.417. The van der Waals surface area contributed by atoms with Gasteiger partial charge in [-0.15, -0.1) is 0 Å². The van der Waals surface area contributed by atoms with Crippen molar-refractivity contribution in [3.63, 3.8) is 0 Å². The Bertz CT molecular complexity index is 352. The third-order valence-electron chi connectivity index (χ3n) is 2.04. The van der Waals surface area contributed by atoms with E-state index in [0.29, 0.717) is 13.0 Å². The molecular weight excluding hydrogens is 204 g/mol. The summed E-state index contributed by atoms with van der Waals surface area (Å²) in [5, 5.41) is 11.8. The Balaban J connectivity index is 2.43. The number of phenols is 1. The minimum Gasteiger partial charge on any atom is -0.508 e. The third kappa shape index (κ3) is 4.79. The van der Waals surface area contributed by atoms with Gasteiger partial charge in [-0.3, -0.25) is 4.79 Å². The lowest BCUT2D eigenvalue weighted by Gasteiger charge is -2.18. The lowest BCUT2D eigenvalue weighted by molar-refractivity contribution is -0.120. The molecule has 1 rings (SSSR count). The number of rotatable bonds is 4. The van der Waals surface area contributed by atoms with E-state index in [4.69, 9.17) is 10.8 Å². The van der Waals surface area contributed by atoms with Crippen LogP contribution >= 0.6 is 0 Å². The molecule has 0 bridgehead atoms. The first-order valence-corrected chi connectivity index (χ1v) is 5.20. The van der Waals surface area contributed by atoms with E-state index in [-0.39, 0.29) is 11.7 Å². The van der Waals surface area contributed by atoms with Crippen molar-refractivity contribution in [1.29, 1.82) is 0 Å². The summed E-state index contributed by atoms with van der Waals surface area (Å²) in [6.07, 6.45) is 0.302. The average Bonchev–Trinajstić information content (AvgIpc) is 2.18. The van der Waals surface area contributed by atoms with Crippen LogP contribution in [-0.2, 0) is 11.2 Å². The van der Waals surface area contributed by atoms with Crippen molar-refractivity contribution >= 4 is 5.91 Å². The van der Waals surface area contributed by atoms with Crippen molar-refractivity contribution in [2.75, 3.05) is 6.54 Å². The van der Waals surface area contributed by atoms with Gasteiger partial charge in [-0.05, 0) is 31.5 Å². The number of benzene rings is 1. The molecule has 0 atom stereocenters. The molecule has 4 nitrogen and oxygen atoms in total. The maximum Gasteiger partial charge on any atom is 0.224 e. The topological polar surface area (TPSA) is 75.3 Å². The number of carbonyl (C=O) groups excluding carboxylic acids is 1. The molecular formula is C12H18N2O2. The first-order chi connectivity index (χ1) is 7.37. The van der Waals surface area contributed by atoms with Crippen LogP contribution in [0.4, 0.5) is 0 Å². The summed E-state index contributed by atoms with van der Waals surface area (Å²) in [4.78, 5) is 11.5. The van der Waals surface area contributed by atoms with Crippen molar-refractivity contribution in [2.45, 2.75) is 25.8 Å². The molecule has 0 aliphatic rings. The van der Waals surface area contributed by atoms with Crippen LogP contribution in [0.5, 0.6) is 5.75 Å². The maximum atomic E-state index is 11.5. The predicted octanol–water partition coefficient (Wildman–Crippen LogP) is 0.788. The van der Waals surface area contributed by atoms with E-state index < -0.39 is 5.54 Å². The molecule has 4 heteroatoms. The number of amides is 1. The Morgan fingerprint density at radius 2 is 1.94 bits per heavy atom. The van der Waals surface area contributed by atoms with E-state index in [1.54, 1.807) is 24.3 Å². The number of nitrogens with one attached hydrogen (secondary N) is 1. The van der Waals surface area contributed by atoms with Gasteiger partial charge in [0.15, 0.2) is 0 Å². The molecule has 4 N–H and O–H groups in total. The number of aromatic hydroxyl groups is 1. The highest BCUT2D eigenvalue weighted by Crippen LogP contribution is 2.09. The van der Waals surface area contributed by atoms with Gasteiger partial charge in [0, 0.05) is 12.1 Å². The highest BCUT2D eigenvalue weighted by atomic mass is 16.3. The van der Waals surface area contributed by atoms with Crippen LogP contribution in [0.1, 0.15) is 19.4 Å². The summed E-state index contributed by atoms with van der Waals surface area (Å²) in [7, 11) is 0. The van der Waals surface area contributed by atoms with Crippen LogP contribution in [0.3, 0.4) is 0 Å². The predicted molar refractivity (Wildman–Crippen MR) is 63.1 cm³/mol. The van der Waals surface area contributed by atoms with Gasteiger partial charge < -0.3 is 16.2 Å². The van der Waals surface area contributed by atoms with Crippen molar-refractivity contribution in [2.24, 2.45) is 5.73 Å². The van der Waals surface area contributed by atoms with Gasteiger partial charge in [-0.2, -0.15) is 0 Å². The highest BCUT2D eigenvalue weighted by Gasteiger charge is 2.12. The second kappa shape index (κ2) is 4.99. The monoisotopic (exact) mass is 222 g/mol. The molecule has 1 amide bonds. The summed E-state index contributed by atoms with van der Waals surface area (Å²) in [5.74, 6) is 0.136. The summed E-state index contributed by atoms with van der Waals surface area (Å²) in [6, 6.07) is 6.58. The average molecular weight is 222 g/mol. The van der Waals surface area contributed by atoms with Crippen LogP contribution in [0.15, 0.2) is 24.3 Å². The molecule has 0 aromatic heterocycles. The fourth-order valence-electron chi connectivity index (χ4n) is 1.19. The zero-order chi connectivity index (χ0) is 12.2. The van der Waals surface area contributed by atoms with Gasteiger partial charge in [0.1, 0.15) is 5.75 Å². The lowest BCUT2D eigenvalue weighted by atomic mass is 10.1. The van der Waals surface area contributed by atoms with E-state index in [9.17, 15) is 4.79 Å². The highest BCUT2D eigenvalue weighted by molar-refractivity contribution is 5.78. The molecule has 0 aliphatic carbocycles. The molecule has 1 aromatic rings. The van der Waals surface area contributed by atoms with Crippen LogP contribution in [-0.4, -0.2) is 23.1 Å². The van der Waals surface area contributed by atoms with E-state index in [0.717, 1.165) is 5.56 Å².